The number of hydrogen-bond donors (Lipinski definition) is 1. The summed E-state index contributed by atoms with van der Waals surface area (Å²) in [6.45, 7) is 12.7. The van der Waals surface area contributed by atoms with Crippen LogP contribution in [0, 0.1) is 11.8 Å². The SMILES string of the molecule is CC1CCN(CC(O)CN2CCC(CN3CCCC3)C2)CC1. The second kappa shape index (κ2) is 8.09. The molecule has 0 radical (unpaired) electrons. The van der Waals surface area contributed by atoms with E-state index in [1.807, 2.05) is 0 Å². The van der Waals surface area contributed by atoms with Crippen molar-refractivity contribution in [3.8, 4) is 0 Å². The summed E-state index contributed by atoms with van der Waals surface area (Å²) >= 11 is 0. The van der Waals surface area contributed by atoms with Crippen molar-refractivity contribution < 1.29 is 5.11 Å². The van der Waals surface area contributed by atoms with Gasteiger partial charge in [0.2, 0.25) is 0 Å². The molecule has 22 heavy (non-hydrogen) atoms. The van der Waals surface area contributed by atoms with Gasteiger partial charge in [-0.15, -0.1) is 0 Å². The Kier molecular flexibility index (Phi) is 6.14. The number of β-amino-alcohol motifs (C(OH)–C–C–N with tert-alkyl or cyclic N) is 1. The maximum Gasteiger partial charge on any atom is 0.0793 e. The molecule has 2 unspecified atom stereocenters. The summed E-state index contributed by atoms with van der Waals surface area (Å²) in [4.78, 5) is 7.60. The first kappa shape index (κ1) is 16.7. The van der Waals surface area contributed by atoms with E-state index in [4.69, 9.17) is 0 Å². The highest BCUT2D eigenvalue weighted by atomic mass is 16.3. The molecule has 0 aromatic heterocycles. The highest BCUT2D eigenvalue weighted by molar-refractivity contribution is 4.82. The lowest BCUT2D eigenvalue weighted by atomic mass is 9.99. The topological polar surface area (TPSA) is 30.0 Å². The lowest BCUT2D eigenvalue weighted by Gasteiger charge is -2.32. The van der Waals surface area contributed by atoms with Crippen molar-refractivity contribution in [2.24, 2.45) is 11.8 Å². The molecule has 3 heterocycles. The van der Waals surface area contributed by atoms with Gasteiger partial charge in [0.05, 0.1) is 6.10 Å². The summed E-state index contributed by atoms with van der Waals surface area (Å²) in [5.41, 5.74) is 0. The van der Waals surface area contributed by atoms with Crippen LogP contribution >= 0.6 is 0 Å². The van der Waals surface area contributed by atoms with Crippen LogP contribution < -0.4 is 0 Å². The van der Waals surface area contributed by atoms with Crippen molar-refractivity contribution in [2.75, 3.05) is 58.9 Å². The Morgan fingerprint density at radius 1 is 0.864 bits per heavy atom. The predicted octanol–water partition coefficient (Wildman–Crippen LogP) is 1.50. The second-order valence-electron chi connectivity index (χ2n) is 8.06. The zero-order valence-electron chi connectivity index (χ0n) is 14.4. The van der Waals surface area contributed by atoms with E-state index in [1.165, 1.54) is 77.9 Å². The third-order valence-electron chi connectivity index (χ3n) is 5.90. The number of piperidine rings is 1. The molecule has 4 heteroatoms. The van der Waals surface area contributed by atoms with Gasteiger partial charge in [0.1, 0.15) is 0 Å². The summed E-state index contributed by atoms with van der Waals surface area (Å²) in [5, 5.41) is 10.4. The molecule has 1 N–H and O–H groups in total. The molecule has 3 saturated heterocycles. The van der Waals surface area contributed by atoms with Crippen molar-refractivity contribution in [2.45, 2.75) is 45.1 Å². The molecule has 3 aliphatic rings. The average molecular weight is 309 g/mol. The first-order valence-electron chi connectivity index (χ1n) is 9.54. The van der Waals surface area contributed by atoms with Gasteiger partial charge in [0.15, 0.2) is 0 Å². The minimum Gasteiger partial charge on any atom is -0.390 e. The van der Waals surface area contributed by atoms with Gasteiger partial charge in [-0.25, -0.2) is 0 Å². The number of aliphatic hydroxyl groups excluding tert-OH is 1. The van der Waals surface area contributed by atoms with Crippen LogP contribution in [0.5, 0.6) is 0 Å². The molecule has 3 fully saturated rings. The Morgan fingerprint density at radius 2 is 1.50 bits per heavy atom. The van der Waals surface area contributed by atoms with E-state index in [1.54, 1.807) is 0 Å². The second-order valence-corrected chi connectivity index (χ2v) is 8.06. The number of likely N-dealkylation sites (tertiary alicyclic amines) is 3. The largest absolute Gasteiger partial charge is 0.390 e. The van der Waals surface area contributed by atoms with Crippen molar-refractivity contribution in [1.82, 2.24) is 14.7 Å². The molecule has 0 bridgehead atoms. The standard InChI is InChI=1S/C18H35N3O/c1-16-4-9-20(10-5-16)14-18(22)15-21-11-6-17(13-21)12-19-7-2-3-8-19/h16-18,22H,2-15H2,1H3. The molecule has 0 aliphatic carbocycles. The molecule has 0 aromatic carbocycles. The molecule has 0 amide bonds. The zero-order valence-corrected chi connectivity index (χ0v) is 14.4. The average Bonchev–Trinajstić information content (AvgIpc) is 3.14. The number of rotatable bonds is 6. The highest BCUT2D eigenvalue weighted by Gasteiger charge is 2.27. The molecule has 0 saturated carbocycles. The summed E-state index contributed by atoms with van der Waals surface area (Å²) in [6, 6.07) is 0. The highest BCUT2D eigenvalue weighted by Crippen LogP contribution is 2.21. The van der Waals surface area contributed by atoms with E-state index in [-0.39, 0.29) is 6.10 Å². The Morgan fingerprint density at radius 3 is 2.23 bits per heavy atom. The van der Waals surface area contributed by atoms with Crippen LogP contribution in [0.2, 0.25) is 0 Å². The van der Waals surface area contributed by atoms with E-state index < -0.39 is 0 Å². The first-order chi connectivity index (χ1) is 10.7. The Labute approximate surface area is 136 Å². The van der Waals surface area contributed by atoms with Crippen LogP contribution in [0.4, 0.5) is 0 Å². The first-order valence-corrected chi connectivity index (χ1v) is 9.54. The van der Waals surface area contributed by atoms with E-state index in [0.717, 1.165) is 24.9 Å². The van der Waals surface area contributed by atoms with Crippen molar-refractivity contribution in [3.63, 3.8) is 0 Å². The molecule has 2 atom stereocenters. The van der Waals surface area contributed by atoms with Gasteiger partial charge in [-0.3, -0.25) is 0 Å². The fraction of sp³-hybridized carbons (Fsp3) is 1.00. The maximum atomic E-state index is 10.4. The van der Waals surface area contributed by atoms with Crippen LogP contribution in [0.1, 0.15) is 39.0 Å². The Bertz CT molecular complexity index is 324. The quantitative estimate of drug-likeness (QED) is 0.805. The summed E-state index contributed by atoms with van der Waals surface area (Å²) in [5.74, 6) is 1.71. The smallest absolute Gasteiger partial charge is 0.0793 e. The molecule has 3 aliphatic heterocycles. The Balaban J connectivity index is 1.32. The fourth-order valence-corrected chi connectivity index (χ4v) is 4.46. The molecule has 128 valence electrons. The van der Waals surface area contributed by atoms with Gasteiger partial charge in [0, 0.05) is 26.2 Å². The van der Waals surface area contributed by atoms with E-state index in [9.17, 15) is 5.11 Å². The number of aliphatic hydroxyl groups is 1. The maximum absolute atomic E-state index is 10.4. The molecular formula is C18H35N3O. The van der Waals surface area contributed by atoms with Crippen molar-refractivity contribution >= 4 is 0 Å². The third kappa shape index (κ3) is 4.92. The van der Waals surface area contributed by atoms with E-state index >= 15 is 0 Å². The minimum absolute atomic E-state index is 0.168. The van der Waals surface area contributed by atoms with Gasteiger partial charge in [-0.1, -0.05) is 6.92 Å². The van der Waals surface area contributed by atoms with Crippen LogP contribution in [0.25, 0.3) is 0 Å². The Hall–Kier alpha value is -0.160. The van der Waals surface area contributed by atoms with Crippen LogP contribution in [-0.2, 0) is 0 Å². The molecule has 3 rings (SSSR count). The normalized spacial score (nSPS) is 31.1. The molecule has 0 spiro atoms. The van der Waals surface area contributed by atoms with E-state index in [2.05, 4.69) is 21.6 Å². The summed E-state index contributed by atoms with van der Waals surface area (Å²) < 4.78 is 0. The fourth-order valence-electron chi connectivity index (χ4n) is 4.46. The van der Waals surface area contributed by atoms with Crippen molar-refractivity contribution in [1.29, 1.82) is 0 Å². The van der Waals surface area contributed by atoms with Gasteiger partial charge in [-0.05, 0) is 76.7 Å². The molecular weight excluding hydrogens is 274 g/mol. The van der Waals surface area contributed by atoms with Crippen LogP contribution in [0.15, 0.2) is 0 Å². The summed E-state index contributed by atoms with van der Waals surface area (Å²) in [6.07, 6.45) is 6.54. The summed E-state index contributed by atoms with van der Waals surface area (Å²) in [7, 11) is 0. The van der Waals surface area contributed by atoms with Crippen molar-refractivity contribution in [3.05, 3.63) is 0 Å². The van der Waals surface area contributed by atoms with Gasteiger partial charge in [0.25, 0.3) is 0 Å². The minimum atomic E-state index is -0.168. The lowest BCUT2D eigenvalue weighted by molar-refractivity contribution is 0.0661. The number of hydrogen-bond acceptors (Lipinski definition) is 4. The zero-order chi connectivity index (χ0) is 15.4. The monoisotopic (exact) mass is 309 g/mol. The number of nitrogens with zero attached hydrogens (tertiary/aromatic N) is 3. The van der Waals surface area contributed by atoms with Gasteiger partial charge < -0.3 is 19.8 Å². The van der Waals surface area contributed by atoms with Gasteiger partial charge in [-0.2, -0.15) is 0 Å². The van der Waals surface area contributed by atoms with Crippen LogP contribution in [-0.4, -0.2) is 84.8 Å². The molecule has 0 aromatic rings. The predicted molar refractivity (Wildman–Crippen MR) is 91.1 cm³/mol. The van der Waals surface area contributed by atoms with Crippen LogP contribution in [0.3, 0.4) is 0 Å². The molecule has 4 nitrogen and oxygen atoms in total. The van der Waals surface area contributed by atoms with Gasteiger partial charge >= 0.3 is 0 Å². The van der Waals surface area contributed by atoms with E-state index in [0.29, 0.717) is 0 Å². The lowest BCUT2D eigenvalue weighted by Crippen LogP contribution is -2.42. The third-order valence-corrected chi connectivity index (χ3v) is 5.90.